The van der Waals surface area contributed by atoms with Gasteiger partial charge in [0.15, 0.2) is 0 Å². The Hall–Kier alpha value is -5.60. The average Bonchev–Trinajstić information content (AvgIpc) is 3.58. The second kappa shape index (κ2) is 10.7. The van der Waals surface area contributed by atoms with Crippen LogP contribution in [-0.4, -0.2) is 4.57 Å². The van der Waals surface area contributed by atoms with Gasteiger partial charge in [-0.25, -0.2) is 0 Å². The number of aromatic nitrogens is 1. The number of para-hydroxylation sites is 3. The van der Waals surface area contributed by atoms with Crippen LogP contribution in [0.5, 0.6) is 0 Å². The molecular formula is C45H36N2. The normalized spacial score (nSPS) is 16.2. The summed E-state index contributed by atoms with van der Waals surface area (Å²) < 4.78 is 2.38. The Morgan fingerprint density at radius 2 is 1.30 bits per heavy atom. The lowest BCUT2D eigenvalue weighted by atomic mass is 9.81. The molecule has 0 saturated carbocycles. The van der Waals surface area contributed by atoms with Crippen molar-refractivity contribution in [1.82, 2.24) is 4.57 Å². The minimum Gasteiger partial charge on any atom is -0.311 e. The summed E-state index contributed by atoms with van der Waals surface area (Å²) in [5.74, 6) is 0.337. The van der Waals surface area contributed by atoms with E-state index >= 15 is 0 Å². The fourth-order valence-corrected chi connectivity index (χ4v) is 7.97. The van der Waals surface area contributed by atoms with Gasteiger partial charge < -0.3 is 9.47 Å². The van der Waals surface area contributed by atoms with Gasteiger partial charge in [0, 0.05) is 44.9 Å². The van der Waals surface area contributed by atoms with E-state index in [1.165, 1.54) is 61.0 Å². The van der Waals surface area contributed by atoms with E-state index in [4.69, 9.17) is 0 Å². The molecule has 47 heavy (non-hydrogen) atoms. The fraction of sp³-hybridized carbons (Fsp3) is 0.111. The van der Waals surface area contributed by atoms with Crippen molar-refractivity contribution in [3.8, 4) is 16.8 Å². The van der Waals surface area contributed by atoms with Crippen LogP contribution in [0.3, 0.4) is 0 Å². The molecule has 2 heteroatoms. The van der Waals surface area contributed by atoms with Gasteiger partial charge in [-0.05, 0) is 88.8 Å². The average molecular weight is 605 g/mol. The number of allylic oxidation sites excluding steroid dienone is 3. The summed E-state index contributed by atoms with van der Waals surface area (Å²) >= 11 is 0. The van der Waals surface area contributed by atoms with Crippen LogP contribution < -0.4 is 4.90 Å². The minimum atomic E-state index is 0.0324. The van der Waals surface area contributed by atoms with Crippen LogP contribution in [0, 0.1) is 0 Å². The Labute approximate surface area is 276 Å². The summed E-state index contributed by atoms with van der Waals surface area (Å²) in [6.07, 6.45) is 8.09. The second-order valence-electron chi connectivity index (χ2n) is 13.4. The maximum atomic E-state index is 2.45. The second-order valence-corrected chi connectivity index (χ2v) is 13.4. The molecule has 0 N–H and O–H groups in total. The van der Waals surface area contributed by atoms with Crippen molar-refractivity contribution < 1.29 is 0 Å². The third-order valence-electron chi connectivity index (χ3n) is 10.3. The first-order chi connectivity index (χ1) is 23.1. The Kier molecular flexibility index (Phi) is 6.33. The SMILES string of the molecule is CC1(C)c2ccccc2-c2cc(C3C=CC(N(c4ccccc4)c4ccc5c(c4)c4ccccc4n5-c4ccccc4)=CC3)ccc21. The molecule has 1 aromatic heterocycles. The molecule has 0 amide bonds. The van der Waals surface area contributed by atoms with Crippen LogP contribution in [0.25, 0.3) is 38.6 Å². The van der Waals surface area contributed by atoms with Crippen molar-refractivity contribution in [2.45, 2.75) is 31.6 Å². The summed E-state index contributed by atoms with van der Waals surface area (Å²) in [5, 5.41) is 2.51. The monoisotopic (exact) mass is 604 g/mol. The highest BCUT2D eigenvalue weighted by molar-refractivity contribution is 6.10. The molecule has 1 atom stereocenters. The molecule has 2 aliphatic rings. The first kappa shape index (κ1) is 27.7. The maximum absolute atomic E-state index is 2.45. The molecule has 2 aliphatic carbocycles. The zero-order valence-corrected chi connectivity index (χ0v) is 26.8. The maximum Gasteiger partial charge on any atom is 0.0542 e. The molecule has 0 bridgehead atoms. The molecule has 2 nitrogen and oxygen atoms in total. The van der Waals surface area contributed by atoms with Crippen molar-refractivity contribution in [2.75, 3.05) is 4.90 Å². The van der Waals surface area contributed by atoms with E-state index < -0.39 is 0 Å². The van der Waals surface area contributed by atoms with Gasteiger partial charge in [0.05, 0.1) is 11.0 Å². The van der Waals surface area contributed by atoms with E-state index in [9.17, 15) is 0 Å². The number of hydrogen-bond acceptors (Lipinski definition) is 1. The molecule has 9 rings (SSSR count). The van der Waals surface area contributed by atoms with Gasteiger partial charge >= 0.3 is 0 Å². The molecule has 0 spiro atoms. The summed E-state index contributed by atoms with van der Waals surface area (Å²) in [4.78, 5) is 2.41. The molecule has 7 aromatic rings. The molecular weight excluding hydrogens is 569 g/mol. The quantitative estimate of drug-likeness (QED) is 0.190. The van der Waals surface area contributed by atoms with Gasteiger partial charge in [-0.15, -0.1) is 0 Å². The highest BCUT2D eigenvalue weighted by Gasteiger charge is 2.35. The van der Waals surface area contributed by atoms with Crippen LogP contribution in [-0.2, 0) is 5.41 Å². The van der Waals surface area contributed by atoms with Gasteiger partial charge in [-0.1, -0.05) is 123 Å². The predicted octanol–water partition coefficient (Wildman–Crippen LogP) is 11.9. The van der Waals surface area contributed by atoms with Gasteiger partial charge in [0.1, 0.15) is 0 Å². The smallest absolute Gasteiger partial charge is 0.0542 e. The number of anilines is 2. The predicted molar refractivity (Wildman–Crippen MR) is 198 cm³/mol. The third kappa shape index (κ3) is 4.40. The molecule has 0 aliphatic heterocycles. The number of hydrogen-bond donors (Lipinski definition) is 0. The Bertz CT molecular complexity index is 2360. The van der Waals surface area contributed by atoms with E-state index in [1.807, 2.05) is 0 Å². The van der Waals surface area contributed by atoms with Crippen molar-refractivity contribution in [3.05, 3.63) is 186 Å². The first-order valence-electron chi connectivity index (χ1n) is 16.6. The zero-order valence-electron chi connectivity index (χ0n) is 26.8. The van der Waals surface area contributed by atoms with Crippen LogP contribution in [0.1, 0.15) is 42.9 Å². The first-order valence-corrected chi connectivity index (χ1v) is 16.6. The van der Waals surface area contributed by atoms with Crippen LogP contribution >= 0.6 is 0 Å². The van der Waals surface area contributed by atoms with Crippen molar-refractivity contribution in [3.63, 3.8) is 0 Å². The van der Waals surface area contributed by atoms with Crippen molar-refractivity contribution in [2.24, 2.45) is 0 Å². The standard InChI is InChI=1S/C45H36N2/c1-45(2)41-19-11-9-17-37(41)39-29-32(23-27-42(39)45)31-21-24-35(25-22-31)46(33-13-5-3-6-14-33)36-26-28-44-40(30-36)38-18-10-12-20-43(38)47(44)34-15-7-4-8-16-34/h3-21,23-31H,22H2,1-2H3. The van der Waals surface area contributed by atoms with Gasteiger partial charge in [0.2, 0.25) is 0 Å². The molecule has 0 radical (unpaired) electrons. The minimum absolute atomic E-state index is 0.0324. The summed E-state index contributed by atoms with van der Waals surface area (Å²) in [6.45, 7) is 4.70. The molecule has 1 unspecified atom stereocenters. The van der Waals surface area contributed by atoms with Crippen molar-refractivity contribution in [1.29, 1.82) is 0 Å². The van der Waals surface area contributed by atoms with E-state index in [1.54, 1.807) is 0 Å². The highest BCUT2D eigenvalue weighted by atomic mass is 15.1. The lowest BCUT2D eigenvalue weighted by Crippen LogP contribution is -2.17. The Morgan fingerprint density at radius 3 is 2.11 bits per heavy atom. The number of rotatable bonds is 5. The van der Waals surface area contributed by atoms with Gasteiger partial charge in [0.25, 0.3) is 0 Å². The van der Waals surface area contributed by atoms with Gasteiger partial charge in [-0.2, -0.15) is 0 Å². The van der Waals surface area contributed by atoms with E-state index in [2.05, 4.69) is 187 Å². The molecule has 0 saturated heterocycles. The topological polar surface area (TPSA) is 8.17 Å². The van der Waals surface area contributed by atoms with Gasteiger partial charge in [-0.3, -0.25) is 0 Å². The molecule has 1 heterocycles. The van der Waals surface area contributed by atoms with E-state index in [0.29, 0.717) is 5.92 Å². The lowest BCUT2D eigenvalue weighted by Gasteiger charge is -2.29. The molecule has 6 aromatic carbocycles. The highest BCUT2D eigenvalue weighted by Crippen LogP contribution is 2.49. The Balaban J connectivity index is 1.10. The largest absolute Gasteiger partial charge is 0.311 e. The summed E-state index contributed by atoms with van der Waals surface area (Å²) in [7, 11) is 0. The lowest BCUT2D eigenvalue weighted by molar-refractivity contribution is 0.660. The fourth-order valence-electron chi connectivity index (χ4n) is 7.97. The Morgan fingerprint density at radius 1 is 0.596 bits per heavy atom. The number of fused-ring (bicyclic) bond motifs is 6. The van der Waals surface area contributed by atoms with Crippen LogP contribution in [0.2, 0.25) is 0 Å². The zero-order chi connectivity index (χ0) is 31.5. The van der Waals surface area contributed by atoms with Crippen LogP contribution in [0.15, 0.2) is 170 Å². The number of benzene rings is 6. The van der Waals surface area contributed by atoms with Crippen LogP contribution in [0.4, 0.5) is 11.4 Å². The van der Waals surface area contributed by atoms with Crippen molar-refractivity contribution >= 4 is 33.2 Å². The molecule has 0 fully saturated rings. The molecule has 226 valence electrons. The van der Waals surface area contributed by atoms with E-state index in [-0.39, 0.29) is 5.41 Å². The third-order valence-corrected chi connectivity index (χ3v) is 10.3. The number of nitrogens with zero attached hydrogens (tertiary/aromatic N) is 2. The van der Waals surface area contributed by atoms with E-state index in [0.717, 1.165) is 17.8 Å². The summed E-state index contributed by atoms with van der Waals surface area (Å²) in [5.41, 5.74) is 14.2. The summed E-state index contributed by atoms with van der Waals surface area (Å²) in [6, 6.07) is 53.2.